The fourth-order valence-corrected chi connectivity index (χ4v) is 3.77. The van der Waals surface area contributed by atoms with Gasteiger partial charge in [-0.1, -0.05) is 88.3 Å². The third kappa shape index (κ3) is 4.12. The first-order valence-electron chi connectivity index (χ1n) is 10.0. The van der Waals surface area contributed by atoms with Gasteiger partial charge in [0.25, 0.3) is 0 Å². The van der Waals surface area contributed by atoms with Gasteiger partial charge in [-0.05, 0) is 24.5 Å². The molecule has 1 aliphatic rings. The van der Waals surface area contributed by atoms with E-state index in [1.807, 2.05) is 30.3 Å². The summed E-state index contributed by atoms with van der Waals surface area (Å²) in [6.45, 7) is 2.25. The number of fused-ring (bicyclic) bond motifs is 2. The highest BCUT2D eigenvalue weighted by molar-refractivity contribution is 6.28. The molecule has 136 valence electrons. The second-order valence-electron chi connectivity index (χ2n) is 7.31. The fourth-order valence-electron chi connectivity index (χ4n) is 3.77. The SMILES string of the molecule is CCCCCCCCCCc1ccc2c(c1)C(=O)c1ccccc1C2=O. The van der Waals surface area contributed by atoms with Crippen molar-refractivity contribution in [3.8, 4) is 0 Å². The van der Waals surface area contributed by atoms with Crippen LogP contribution in [0.1, 0.15) is 95.7 Å². The maximum atomic E-state index is 12.8. The van der Waals surface area contributed by atoms with E-state index in [0.717, 1.165) is 18.4 Å². The van der Waals surface area contributed by atoms with E-state index in [1.165, 1.54) is 44.9 Å². The molecule has 0 saturated heterocycles. The van der Waals surface area contributed by atoms with Crippen molar-refractivity contribution in [3.63, 3.8) is 0 Å². The number of hydrogen-bond donors (Lipinski definition) is 0. The molecule has 0 N–H and O–H groups in total. The molecule has 0 aromatic heterocycles. The van der Waals surface area contributed by atoms with Gasteiger partial charge in [-0.3, -0.25) is 9.59 Å². The molecule has 2 nitrogen and oxygen atoms in total. The lowest BCUT2D eigenvalue weighted by atomic mass is 9.83. The first-order chi connectivity index (χ1) is 12.7. The summed E-state index contributed by atoms with van der Waals surface area (Å²) >= 11 is 0. The maximum Gasteiger partial charge on any atom is 0.194 e. The van der Waals surface area contributed by atoms with Gasteiger partial charge in [0.2, 0.25) is 0 Å². The van der Waals surface area contributed by atoms with Crippen LogP contribution in [0.2, 0.25) is 0 Å². The Morgan fingerprint density at radius 3 is 1.81 bits per heavy atom. The largest absolute Gasteiger partial charge is 0.289 e. The lowest BCUT2D eigenvalue weighted by Gasteiger charge is -2.18. The number of rotatable bonds is 9. The Morgan fingerprint density at radius 1 is 0.615 bits per heavy atom. The number of hydrogen-bond acceptors (Lipinski definition) is 2. The highest BCUT2D eigenvalue weighted by Crippen LogP contribution is 2.28. The molecule has 26 heavy (non-hydrogen) atoms. The molecule has 0 bridgehead atoms. The van der Waals surface area contributed by atoms with Crippen LogP contribution in [0.25, 0.3) is 0 Å². The minimum Gasteiger partial charge on any atom is -0.289 e. The van der Waals surface area contributed by atoms with Crippen LogP contribution >= 0.6 is 0 Å². The molecule has 3 rings (SSSR count). The third-order valence-corrected chi connectivity index (χ3v) is 5.31. The van der Waals surface area contributed by atoms with Crippen molar-refractivity contribution >= 4 is 11.6 Å². The second kappa shape index (κ2) is 8.93. The van der Waals surface area contributed by atoms with Crippen LogP contribution in [0, 0.1) is 0 Å². The molecular weight excluding hydrogens is 320 g/mol. The molecule has 2 heteroatoms. The second-order valence-corrected chi connectivity index (χ2v) is 7.31. The fraction of sp³-hybridized carbons (Fsp3) is 0.417. The Balaban J connectivity index is 1.58. The standard InChI is InChI=1S/C24H28O2/c1-2-3-4-5-6-7-8-9-12-18-15-16-21-22(17-18)24(26)20-14-11-10-13-19(20)23(21)25/h10-11,13-17H,2-9,12H2,1H3. The predicted molar refractivity (Wildman–Crippen MR) is 106 cm³/mol. The smallest absolute Gasteiger partial charge is 0.194 e. The van der Waals surface area contributed by atoms with Crippen LogP contribution in [0.5, 0.6) is 0 Å². The lowest BCUT2D eigenvalue weighted by Crippen LogP contribution is -2.20. The van der Waals surface area contributed by atoms with Crippen LogP contribution in [0.15, 0.2) is 42.5 Å². The molecule has 0 spiro atoms. The van der Waals surface area contributed by atoms with E-state index in [0.29, 0.717) is 22.3 Å². The zero-order valence-corrected chi connectivity index (χ0v) is 15.7. The highest BCUT2D eigenvalue weighted by Gasteiger charge is 2.29. The average Bonchev–Trinajstić information content (AvgIpc) is 2.68. The van der Waals surface area contributed by atoms with Gasteiger partial charge in [0.1, 0.15) is 0 Å². The molecule has 2 aromatic rings. The highest BCUT2D eigenvalue weighted by atomic mass is 16.1. The van der Waals surface area contributed by atoms with Crippen LogP contribution in [-0.4, -0.2) is 11.6 Å². The Morgan fingerprint density at radius 2 is 1.15 bits per heavy atom. The van der Waals surface area contributed by atoms with Crippen molar-refractivity contribution < 1.29 is 9.59 Å². The summed E-state index contributed by atoms with van der Waals surface area (Å²) in [5.74, 6) is -0.0539. The van der Waals surface area contributed by atoms with Crippen molar-refractivity contribution in [1.29, 1.82) is 0 Å². The Labute approximate surface area is 156 Å². The topological polar surface area (TPSA) is 34.1 Å². The molecule has 0 radical (unpaired) electrons. The van der Waals surface area contributed by atoms with Crippen molar-refractivity contribution in [3.05, 3.63) is 70.3 Å². The first-order valence-corrected chi connectivity index (χ1v) is 10.0. The molecule has 0 amide bonds. The number of carbonyl (C=O) groups is 2. The van der Waals surface area contributed by atoms with E-state index in [-0.39, 0.29) is 11.6 Å². The van der Waals surface area contributed by atoms with Gasteiger partial charge in [-0.25, -0.2) is 0 Å². The lowest BCUT2D eigenvalue weighted by molar-refractivity contribution is 0.0979. The summed E-state index contributed by atoms with van der Waals surface area (Å²) in [6, 6.07) is 12.9. The summed E-state index contributed by atoms with van der Waals surface area (Å²) in [4.78, 5) is 25.4. The molecule has 2 aromatic carbocycles. The van der Waals surface area contributed by atoms with Crippen molar-refractivity contribution in [2.45, 2.75) is 64.7 Å². The molecule has 0 fully saturated rings. The quantitative estimate of drug-likeness (QED) is 0.435. The maximum absolute atomic E-state index is 12.8. The zero-order chi connectivity index (χ0) is 18.4. The average molecular weight is 348 g/mol. The molecule has 0 unspecified atom stereocenters. The molecule has 0 aliphatic heterocycles. The number of carbonyl (C=O) groups excluding carboxylic acids is 2. The number of benzene rings is 2. The first kappa shape index (κ1) is 18.6. The Kier molecular flexibility index (Phi) is 6.38. The van der Waals surface area contributed by atoms with Crippen LogP contribution < -0.4 is 0 Å². The molecule has 0 atom stereocenters. The van der Waals surface area contributed by atoms with Gasteiger partial charge in [0, 0.05) is 22.3 Å². The zero-order valence-electron chi connectivity index (χ0n) is 15.7. The van der Waals surface area contributed by atoms with Crippen molar-refractivity contribution in [2.75, 3.05) is 0 Å². The van der Waals surface area contributed by atoms with E-state index < -0.39 is 0 Å². The van der Waals surface area contributed by atoms with E-state index in [4.69, 9.17) is 0 Å². The Hall–Kier alpha value is -2.22. The summed E-state index contributed by atoms with van der Waals surface area (Å²) in [6.07, 6.45) is 11.3. The van der Waals surface area contributed by atoms with Gasteiger partial charge in [0.15, 0.2) is 11.6 Å². The normalized spacial score (nSPS) is 12.8. The van der Waals surface area contributed by atoms with Gasteiger partial charge in [-0.2, -0.15) is 0 Å². The minimum atomic E-state index is -0.0335. The van der Waals surface area contributed by atoms with Gasteiger partial charge >= 0.3 is 0 Å². The number of aryl methyl sites for hydroxylation is 1. The van der Waals surface area contributed by atoms with Crippen molar-refractivity contribution in [2.24, 2.45) is 0 Å². The van der Waals surface area contributed by atoms with E-state index in [9.17, 15) is 9.59 Å². The molecule has 0 heterocycles. The third-order valence-electron chi connectivity index (χ3n) is 5.31. The monoisotopic (exact) mass is 348 g/mol. The van der Waals surface area contributed by atoms with Crippen molar-refractivity contribution in [1.82, 2.24) is 0 Å². The van der Waals surface area contributed by atoms with Crippen LogP contribution in [0.4, 0.5) is 0 Å². The van der Waals surface area contributed by atoms with Gasteiger partial charge in [-0.15, -0.1) is 0 Å². The Bertz CT molecular complexity index is 789. The number of unbranched alkanes of at least 4 members (excludes halogenated alkanes) is 7. The summed E-state index contributed by atoms with van der Waals surface area (Å²) in [5, 5.41) is 0. The molecular formula is C24H28O2. The number of ketones is 2. The summed E-state index contributed by atoms with van der Waals surface area (Å²) < 4.78 is 0. The molecule has 1 aliphatic carbocycles. The summed E-state index contributed by atoms with van der Waals surface area (Å²) in [5.41, 5.74) is 3.35. The van der Waals surface area contributed by atoms with Crippen LogP contribution in [-0.2, 0) is 6.42 Å². The summed E-state index contributed by atoms with van der Waals surface area (Å²) in [7, 11) is 0. The van der Waals surface area contributed by atoms with Gasteiger partial charge in [0.05, 0.1) is 0 Å². The van der Waals surface area contributed by atoms with E-state index in [1.54, 1.807) is 12.1 Å². The van der Waals surface area contributed by atoms with Gasteiger partial charge < -0.3 is 0 Å². The molecule has 0 saturated carbocycles. The predicted octanol–water partition coefficient (Wildman–Crippen LogP) is 6.15. The van der Waals surface area contributed by atoms with Crippen LogP contribution in [0.3, 0.4) is 0 Å². The van der Waals surface area contributed by atoms with E-state index >= 15 is 0 Å². The van der Waals surface area contributed by atoms with E-state index in [2.05, 4.69) is 6.92 Å². The minimum absolute atomic E-state index is 0.0204.